The van der Waals surface area contributed by atoms with Crippen molar-refractivity contribution in [1.29, 1.82) is 0 Å². The Bertz CT molecular complexity index is 567. The van der Waals surface area contributed by atoms with Crippen molar-refractivity contribution in [2.75, 3.05) is 7.05 Å². The number of carbonyl (C=O) groups is 2. The summed E-state index contributed by atoms with van der Waals surface area (Å²) >= 11 is 0. The van der Waals surface area contributed by atoms with E-state index < -0.39 is 5.54 Å². The van der Waals surface area contributed by atoms with Crippen LogP contribution in [0.5, 0.6) is 0 Å². The Morgan fingerprint density at radius 3 is 1.95 bits per heavy atom. The molecule has 0 bridgehead atoms. The Balaban J connectivity index is 2.20. The summed E-state index contributed by atoms with van der Waals surface area (Å²) in [6.07, 6.45) is 0. The third-order valence-corrected chi connectivity index (χ3v) is 4.29. The van der Waals surface area contributed by atoms with E-state index >= 15 is 0 Å². The lowest BCUT2D eigenvalue weighted by Crippen LogP contribution is -2.41. The third kappa shape index (κ3) is 2.67. The lowest BCUT2D eigenvalue weighted by molar-refractivity contribution is -0.132. The highest BCUT2D eigenvalue weighted by Gasteiger charge is 2.48. The molecular formula is C17H24N2O2. The number of benzene rings is 1. The molecule has 2 rings (SSSR count). The molecule has 0 N–H and O–H groups in total. The molecule has 0 spiro atoms. The van der Waals surface area contributed by atoms with E-state index in [0.29, 0.717) is 6.54 Å². The predicted octanol–water partition coefficient (Wildman–Crippen LogP) is 3.16. The Hall–Kier alpha value is -1.84. The van der Waals surface area contributed by atoms with Gasteiger partial charge in [-0.25, -0.2) is 4.79 Å². The lowest BCUT2D eigenvalue weighted by atomic mass is 9.87. The van der Waals surface area contributed by atoms with Gasteiger partial charge in [-0.05, 0) is 30.4 Å². The first-order valence-electron chi connectivity index (χ1n) is 7.24. The zero-order valence-corrected chi connectivity index (χ0v) is 13.7. The number of amides is 3. The smallest absolute Gasteiger partial charge is 0.313 e. The van der Waals surface area contributed by atoms with Gasteiger partial charge in [0.1, 0.15) is 5.54 Å². The molecule has 1 aliphatic heterocycles. The average molecular weight is 288 g/mol. The monoisotopic (exact) mass is 288 g/mol. The predicted molar refractivity (Wildman–Crippen MR) is 82.9 cm³/mol. The van der Waals surface area contributed by atoms with E-state index in [-0.39, 0.29) is 17.4 Å². The Kier molecular flexibility index (Phi) is 3.60. The summed E-state index contributed by atoms with van der Waals surface area (Å²) < 4.78 is 0. The van der Waals surface area contributed by atoms with Gasteiger partial charge in [0.2, 0.25) is 0 Å². The summed E-state index contributed by atoms with van der Waals surface area (Å²) in [5.74, 6) is -0.144. The van der Waals surface area contributed by atoms with Gasteiger partial charge in [0, 0.05) is 7.05 Å². The first-order valence-corrected chi connectivity index (χ1v) is 7.24. The quantitative estimate of drug-likeness (QED) is 0.784. The second-order valence-electron chi connectivity index (χ2n) is 7.24. The lowest BCUT2D eigenvalue weighted by Gasteiger charge is -2.22. The van der Waals surface area contributed by atoms with Crippen LogP contribution >= 0.6 is 0 Å². The molecular weight excluding hydrogens is 264 g/mol. The van der Waals surface area contributed by atoms with Crippen LogP contribution in [0.4, 0.5) is 4.79 Å². The molecule has 4 heteroatoms. The van der Waals surface area contributed by atoms with Crippen molar-refractivity contribution in [2.24, 2.45) is 0 Å². The topological polar surface area (TPSA) is 40.6 Å². The van der Waals surface area contributed by atoms with E-state index in [4.69, 9.17) is 0 Å². The summed E-state index contributed by atoms with van der Waals surface area (Å²) in [5.41, 5.74) is 1.54. The summed E-state index contributed by atoms with van der Waals surface area (Å²) in [6, 6.07) is 7.88. The van der Waals surface area contributed by atoms with Gasteiger partial charge >= 0.3 is 6.03 Å². The Morgan fingerprint density at radius 1 is 1.05 bits per heavy atom. The second-order valence-corrected chi connectivity index (χ2v) is 7.24. The fraction of sp³-hybridized carbons (Fsp3) is 0.529. The molecule has 1 saturated heterocycles. The zero-order chi connectivity index (χ0) is 16.0. The van der Waals surface area contributed by atoms with Crippen molar-refractivity contribution in [3.05, 3.63) is 35.4 Å². The maximum absolute atomic E-state index is 12.3. The number of urea groups is 1. The van der Waals surface area contributed by atoms with Gasteiger partial charge in [0.05, 0.1) is 6.54 Å². The van der Waals surface area contributed by atoms with Crippen molar-refractivity contribution < 1.29 is 9.59 Å². The molecule has 0 saturated carbocycles. The number of hydrogen-bond acceptors (Lipinski definition) is 2. The number of imide groups is 1. The fourth-order valence-corrected chi connectivity index (χ4v) is 2.41. The average Bonchev–Trinajstić information content (AvgIpc) is 2.54. The van der Waals surface area contributed by atoms with Crippen LogP contribution in [-0.2, 0) is 16.8 Å². The molecule has 21 heavy (non-hydrogen) atoms. The molecule has 1 aromatic carbocycles. The molecule has 0 aliphatic carbocycles. The minimum atomic E-state index is -0.761. The van der Waals surface area contributed by atoms with Crippen molar-refractivity contribution in [3.63, 3.8) is 0 Å². The molecule has 0 aromatic heterocycles. The second kappa shape index (κ2) is 4.86. The number of rotatable bonds is 2. The molecule has 1 fully saturated rings. The standard InChI is InChI=1S/C17H24N2O2/c1-16(2,3)13-9-7-12(8-10-13)11-19-14(20)17(4,5)18(6)15(19)21/h7-10H,11H2,1-6H3. The number of hydrogen-bond donors (Lipinski definition) is 0. The normalized spacial score (nSPS) is 18.6. The Labute approximate surface area is 126 Å². The summed E-state index contributed by atoms with van der Waals surface area (Å²) in [6.45, 7) is 10.4. The van der Waals surface area contributed by atoms with Crippen LogP contribution in [0.2, 0.25) is 0 Å². The van der Waals surface area contributed by atoms with Gasteiger partial charge < -0.3 is 4.90 Å². The van der Waals surface area contributed by atoms with Crippen molar-refractivity contribution in [2.45, 2.75) is 52.1 Å². The van der Waals surface area contributed by atoms with Gasteiger partial charge in [-0.15, -0.1) is 0 Å². The van der Waals surface area contributed by atoms with Crippen LogP contribution in [0, 0.1) is 0 Å². The zero-order valence-electron chi connectivity index (χ0n) is 13.7. The highest BCUT2D eigenvalue weighted by Crippen LogP contribution is 2.28. The van der Waals surface area contributed by atoms with E-state index in [0.717, 1.165) is 5.56 Å². The van der Waals surface area contributed by atoms with Crippen molar-refractivity contribution >= 4 is 11.9 Å². The van der Waals surface area contributed by atoms with E-state index in [1.165, 1.54) is 15.4 Å². The first-order chi connectivity index (χ1) is 9.55. The van der Waals surface area contributed by atoms with Crippen LogP contribution in [-0.4, -0.2) is 34.3 Å². The van der Waals surface area contributed by atoms with Gasteiger partial charge in [0.15, 0.2) is 0 Å². The highest BCUT2D eigenvalue weighted by molar-refractivity contribution is 6.06. The fourth-order valence-electron chi connectivity index (χ4n) is 2.41. The molecule has 0 unspecified atom stereocenters. The van der Waals surface area contributed by atoms with E-state index in [1.54, 1.807) is 20.9 Å². The number of likely N-dealkylation sites (N-methyl/N-ethyl adjacent to an activating group) is 1. The van der Waals surface area contributed by atoms with Crippen LogP contribution in [0.3, 0.4) is 0 Å². The largest absolute Gasteiger partial charge is 0.327 e. The molecule has 4 nitrogen and oxygen atoms in total. The van der Waals surface area contributed by atoms with Gasteiger partial charge in [-0.3, -0.25) is 9.69 Å². The minimum Gasteiger partial charge on any atom is -0.313 e. The van der Waals surface area contributed by atoms with Crippen LogP contribution in [0.15, 0.2) is 24.3 Å². The first kappa shape index (κ1) is 15.5. The summed E-state index contributed by atoms with van der Waals surface area (Å²) in [7, 11) is 1.67. The van der Waals surface area contributed by atoms with E-state index in [2.05, 4.69) is 32.9 Å². The van der Waals surface area contributed by atoms with Crippen LogP contribution in [0.25, 0.3) is 0 Å². The Morgan fingerprint density at radius 2 is 1.57 bits per heavy atom. The van der Waals surface area contributed by atoms with Crippen molar-refractivity contribution in [3.8, 4) is 0 Å². The van der Waals surface area contributed by atoms with E-state index in [1.807, 2.05) is 12.1 Å². The third-order valence-electron chi connectivity index (χ3n) is 4.29. The molecule has 0 atom stereocenters. The molecule has 1 aromatic rings. The van der Waals surface area contributed by atoms with Gasteiger partial charge in [0.25, 0.3) is 5.91 Å². The maximum atomic E-state index is 12.3. The SMILES string of the molecule is CN1C(=O)N(Cc2ccc(C(C)(C)C)cc2)C(=O)C1(C)C. The minimum absolute atomic E-state index is 0.0972. The molecule has 1 aliphatic rings. The van der Waals surface area contributed by atoms with Crippen LogP contribution < -0.4 is 0 Å². The van der Waals surface area contributed by atoms with E-state index in [9.17, 15) is 9.59 Å². The molecule has 3 amide bonds. The molecule has 1 heterocycles. The molecule has 0 radical (unpaired) electrons. The van der Waals surface area contributed by atoms with Gasteiger partial charge in [-0.1, -0.05) is 45.0 Å². The number of nitrogens with zero attached hydrogens (tertiary/aromatic N) is 2. The highest BCUT2D eigenvalue weighted by atomic mass is 16.2. The van der Waals surface area contributed by atoms with Crippen LogP contribution in [0.1, 0.15) is 45.7 Å². The summed E-state index contributed by atoms with van der Waals surface area (Å²) in [5, 5.41) is 0. The van der Waals surface area contributed by atoms with Crippen molar-refractivity contribution in [1.82, 2.24) is 9.80 Å². The summed E-state index contributed by atoms with van der Waals surface area (Å²) in [4.78, 5) is 27.4. The maximum Gasteiger partial charge on any atom is 0.327 e. The number of carbonyl (C=O) groups excluding carboxylic acids is 2. The van der Waals surface area contributed by atoms with Gasteiger partial charge in [-0.2, -0.15) is 0 Å². The molecule has 114 valence electrons.